The van der Waals surface area contributed by atoms with Gasteiger partial charge in [-0.25, -0.2) is 4.79 Å². The van der Waals surface area contributed by atoms with Crippen LogP contribution in [-0.2, 0) is 4.74 Å². The molecule has 3 rings (SSSR count). The molecule has 0 radical (unpaired) electrons. The Morgan fingerprint density at radius 1 is 1.17 bits per heavy atom. The van der Waals surface area contributed by atoms with Gasteiger partial charge in [0.25, 0.3) is 5.56 Å². The highest BCUT2D eigenvalue weighted by molar-refractivity contribution is 6.42. The number of ether oxygens (including phenoxy) is 1. The fourth-order valence-corrected chi connectivity index (χ4v) is 2.71. The van der Waals surface area contributed by atoms with E-state index in [2.05, 4.69) is 4.98 Å². The number of nitrogens with zero attached hydrogens (tertiary/aromatic N) is 2. The molecule has 0 unspecified atom stereocenters. The standard InChI is InChI=1S/C17H12Cl2N2O3/c1-9-11(17(23)24-2)8-12-15(20-9)5-6-21(16(12)22)10-3-4-13(18)14(19)7-10/h3-8H,1-2H3. The number of fused-ring (bicyclic) bond motifs is 1. The fourth-order valence-electron chi connectivity index (χ4n) is 2.42. The first kappa shape index (κ1) is 16.5. The Balaban J connectivity index is 2.26. The number of halogens is 2. The van der Waals surface area contributed by atoms with Gasteiger partial charge in [-0.15, -0.1) is 0 Å². The molecule has 5 nitrogen and oxygen atoms in total. The van der Waals surface area contributed by atoms with Crippen LogP contribution >= 0.6 is 23.2 Å². The van der Waals surface area contributed by atoms with Crippen LogP contribution in [0.5, 0.6) is 0 Å². The van der Waals surface area contributed by atoms with E-state index < -0.39 is 5.97 Å². The molecule has 0 aliphatic heterocycles. The summed E-state index contributed by atoms with van der Waals surface area (Å²) in [7, 11) is 1.28. The highest BCUT2D eigenvalue weighted by atomic mass is 35.5. The van der Waals surface area contributed by atoms with E-state index in [4.69, 9.17) is 27.9 Å². The highest BCUT2D eigenvalue weighted by Gasteiger charge is 2.15. The highest BCUT2D eigenvalue weighted by Crippen LogP contribution is 2.24. The van der Waals surface area contributed by atoms with Gasteiger partial charge in [0.2, 0.25) is 0 Å². The van der Waals surface area contributed by atoms with Crippen LogP contribution in [0.3, 0.4) is 0 Å². The number of carbonyl (C=O) groups is 1. The van der Waals surface area contributed by atoms with Crippen molar-refractivity contribution in [1.82, 2.24) is 9.55 Å². The quantitative estimate of drug-likeness (QED) is 0.650. The number of aryl methyl sites for hydroxylation is 1. The molecule has 1 aromatic carbocycles. The van der Waals surface area contributed by atoms with Crippen LogP contribution in [0.1, 0.15) is 16.1 Å². The lowest BCUT2D eigenvalue weighted by Gasteiger charge is -2.10. The minimum absolute atomic E-state index is 0.258. The van der Waals surface area contributed by atoms with Crippen LogP contribution < -0.4 is 5.56 Å². The molecule has 2 aromatic heterocycles. The molecule has 0 fully saturated rings. The van der Waals surface area contributed by atoms with Crippen LogP contribution in [0, 0.1) is 6.92 Å². The number of hydrogen-bond acceptors (Lipinski definition) is 4. The molecule has 0 aliphatic rings. The lowest BCUT2D eigenvalue weighted by molar-refractivity contribution is 0.0599. The van der Waals surface area contributed by atoms with E-state index in [0.29, 0.717) is 32.3 Å². The van der Waals surface area contributed by atoms with E-state index >= 15 is 0 Å². The van der Waals surface area contributed by atoms with Gasteiger partial charge in [-0.3, -0.25) is 14.3 Å². The molecule has 3 aromatic rings. The molecule has 0 bridgehead atoms. The predicted molar refractivity (Wildman–Crippen MR) is 93.4 cm³/mol. The Morgan fingerprint density at radius 2 is 1.92 bits per heavy atom. The van der Waals surface area contributed by atoms with E-state index in [1.165, 1.54) is 17.7 Å². The van der Waals surface area contributed by atoms with Crippen LogP contribution in [0.4, 0.5) is 0 Å². The molecule has 0 spiro atoms. The summed E-state index contributed by atoms with van der Waals surface area (Å²) in [6.07, 6.45) is 1.61. The van der Waals surface area contributed by atoms with Crippen molar-refractivity contribution in [2.75, 3.05) is 7.11 Å². The third-order valence-electron chi connectivity index (χ3n) is 3.66. The lowest BCUT2D eigenvalue weighted by atomic mass is 10.1. The number of aromatic nitrogens is 2. The SMILES string of the molecule is COC(=O)c1cc2c(=O)n(-c3ccc(Cl)c(Cl)c3)ccc2nc1C. The Kier molecular flexibility index (Phi) is 4.30. The van der Waals surface area contributed by atoms with Gasteiger partial charge in [0, 0.05) is 6.20 Å². The molecule has 7 heteroatoms. The zero-order valence-corrected chi connectivity index (χ0v) is 14.4. The molecule has 0 saturated heterocycles. The smallest absolute Gasteiger partial charge is 0.339 e. The largest absolute Gasteiger partial charge is 0.465 e. The minimum atomic E-state index is -0.536. The van der Waals surface area contributed by atoms with Crippen molar-refractivity contribution in [3.05, 3.63) is 68.2 Å². The number of pyridine rings is 2. The fraction of sp³-hybridized carbons (Fsp3) is 0.118. The molecule has 0 N–H and O–H groups in total. The van der Waals surface area contributed by atoms with Crippen molar-refractivity contribution in [3.8, 4) is 5.69 Å². The first-order valence-corrected chi connectivity index (χ1v) is 7.74. The molecule has 0 saturated carbocycles. The summed E-state index contributed by atoms with van der Waals surface area (Å²) in [4.78, 5) is 28.9. The number of carbonyl (C=O) groups excluding carboxylic acids is 1. The maximum atomic E-state index is 12.8. The van der Waals surface area contributed by atoms with E-state index in [0.717, 1.165) is 0 Å². The Hall–Kier alpha value is -2.37. The number of methoxy groups -OCH3 is 1. The molecule has 2 heterocycles. The van der Waals surface area contributed by atoms with Crippen LogP contribution in [0.25, 0.3) is 16.6 Å². The normalized spacial score (nSPS) is 10.8. The Labute approximate surface area is 147 Å². The van der Waals surface area contributed by atoms with Crippen LogP contribution in [-0.4, -0.2) is 22.6 Å². The van der Waals surface area contributed by atoms with Gasteiger partial charge in [-0.05, 0) is 37.3 Å². The molecule has 0 aliphatic carbocycles. The van der Waals surface area contributed by atoms with Crippen LogP contribution in [0.15, 0.2) is 41.3 Å². The summed E-state index contributed by atoms with van der Waals surface area (Å²) in [6, 6.07) is 8.10. The summed E-state index contributed by atoms with van der Waals surface area (Å²) in [5, 5.41) is 1.06. The zero-order chi connectivity index (χ0) is 17.4. The average molecular weight is 363 g/mol. The molecule has 24 heavy (non-hydrogen) atoms. The zero-order valence-electron chi connectivity index (χ0n) is 12.8. The molecule has 122 valence electrons. The molecule has 0 atom stereocenters. The number of hydrogen-bond donors (Lipinski definition) is 0. The second kappa shape index (κ2) is 6.26. The summed E-state index contributed by atoms with van der Waals surface area (Å²) >= 11 is 11.9. The van der Waals surface area contributed by atoms with Gasteiger partial charge in [0.05, 0.1) is 45.0 Å². The van der Waals surface area contributed by atoms with Gasteiger partial charge in [-0.1, -0.05) is 23.2 Å². The predicted octanol–water partition coefficient (Wildman–Crippen LogP) is 3.79. The lowest BCUT2D eigenvalue weighted by Crippen LogP contribution is -2.19. The maximum Gasteiger partial charge on any atom is 0.339 e. The van der Waals surface area contributed by atoms with Crippen molar-refractivity contribution >= 4 is 40.1 Å². The third kappa shape index (κ3) is 2.77. The van der Waals surface area contributed by atoms with E-state index in [1.54, 1.807) is 37.4 Å². The van der Waals surface area contributed by atoms with E-state index in [9.17, 15) is 9.59 Å². The summed E-state index contributed by atoms with van der Waals surface area (Å²) in [5.41, 5.74) is 1.51. The Morgan fingerprint density at radius 3 is 2.58 bits per heavy atom. The average Bonchev–Trinajstić information content (AvgIpc) is 2.57. The van der Waals surface area contributed by atoms with Crippen LogP contribution in [0.2, 0.25) is 10.0 Å². The van der Waals surface area contributed by atoms with Crippen molar-refractivity contribution in [2.24, 2.45) is 0 Å². The third-order valence-corrected chi connectivity index (χ3v) is 4.40. The van der Waals surface area contributed by atoms with Gasteiger partial charge < -0.3 is 4.74 Å². The van der Waals surface area contributed by atoms with Crippen molar-refractivity contribution in [3.63, 3.8) is 0 Å². The first-order valence-electron chi connectivity index (χ1n) is 6.99. The Bertz CT molecular complexity index is 1030. The minimum Gasteiger partial charge on any atom is -0.465 e. The van der Waals surface area contributed by atoms with Crippen molar-refractivity contribution in [2.45, 2.75) is 6.92 Å². The molecular weight excluding hydrogens is 351 g/mol. The summed E-state index contributed by atoms with van der Waals surface area (Å²) in [5.74, 6) is -0.536. The van der Waals surface area contributed by atoms with Gasteiger partial charge >= 0.3 is 5.97 Å². The monoisotopic (exact) mass is 362 g/mol. The van der Waals surface area contributed by atoms with Crippen molar-refractivity contribution in [1.29, 1.82) is 0 Å². The number of rotatable bonds is 2. The first-order chi connectivity index (χ1) is 11.4. The van der Waals surface area contributed by atoms with Crippen molar-refractivity contribution < 1.29 is 9.53 Å². The van der Waals surface area contributed by atoms with Gasteiger partial charge in [0.1, 0.15) is 0 Å². The second-order valence-corrected chi connectivity index (χ2v) is 5.95. The summed E-state index contributed by atoms with van der Waals surface area (Å²) in [6.45, 7) is 1.69. The topological polar surface area (TPSA) is 61.2 Å². The second-order valence-electron chi connectivity index (χ2n) is 5.14. The van der Waals surface area contributed by atoms with E-state index in [1.807, 2.05) is 0 Å². The number of benzene rings is 1. The molecule has 0 amide bonds. The van der Waals surface area contributed by atoms with Gasteiger partial charge in [0.15, 0.2) is 0 Å². The summed E-state index contributed by atoms with van der Waals surface area (Å²) < 4.78 is 6.15. The number of esters is 1. The molecular formula is C17H12Cl2N2O3. The van der Waals surface area contributed by atoms with E-state index in [-0.39, 0.29) is 11.1 Å². The van der Waals surface area contributed by atoms with Gasteiger partial charge in [-0.2, -0.15) is 0 Å². The maximum absolute atomic E-state index is 12.8.